The molecule has 0 atom stereocenters. The van der Waals surface area contributed by atoms with Crippen LogP contribution in [0.1, 0.15) is 30.2 Å². The van der Waals surface area contributed by atoms with Gasteiger partial charge in [0.05, 0.1) is 11.6 Å². The summed E-state index contributed by atoms with van der Waals surface area (Å²) in [7, 11) is 0. The van der Waals surface area contributed by atoms with E-state index in [1.54, 1.807) is 0 Å². The van der Waals surface area contributed by atoms with Crippen molar-refractivity contribution in [2.75, 3.05) is 0 Å². The monoisotopic (exact) mass is 347 g/mol. The number of rotatable bonds is 4. The number of halogens is 1. The van der Waals surface area contributed by atoms with E-state index in [2.05, 4.69) is 23.0 Å². The number of hydrogen-bond acceptors (Lipinski definition) is 3. The number of aromatic nitrogens is 2. The molecule has 0 aliphatic rings. The van der Waals surface area contributed by atoms with Gasteiger partial charge in [0.25, 0.3) is 0 Å². The molecule has 25 heavy (non-hydrogen) atoms. The number of hydrogen-bond donors (Lipinski definition) is 0. The van der Waals surface area contributed by atoms with Crippen molar-refractivity contribution >= 4 is 11.6 Å². The molecular weight excluding hydrogens is 330 g/mol. The Kier molecular flexibility index (Phi) is 5.11. The lowest BCUT2D eigenvalue weighted by molar-refractivity contribution is 0.862. The predicted molar refractivity (Wildman–Crippen MR) is 101 cm³/mol. The largest absolute Gasteiger partial charge is 0.233 e. The Labute approximate surface area is 153 Å². The van der Waals surface area contributed by atoms with Crippen molar-refractivity contribution < 1.29 is 0 Å². The molecule has 3 nitrogen and oxygen atoms in total. The first-order valence-corrected chi connectivity index (χ1v) is 8.64. The second-order valence-corrected chi connectivity index (χ2v) is 6.25. The van der Waals surface area contributed by atoms with Gasteiger partial charge in [0.2, 0.25) is 0 Å². The van der Waals surface area contributed by atoms with Gasteiger partial charge in [0.15, 0.2) is 5.82 Å². The van der Waals surface area contributed by atoms with Gasteiger partial charge in [-0.25, -0.2) is 9.97 Å². The molecule has 0 aliphatic heterocycles. The minimum atomic E-state index is 0.507. The van der Waals surface area contributed by atoms with Crippen molar-refractivity contribution in [1.29, 1.82) is 5.26 Å². The smallest absolute Gasteiger partial charge is 0.161 e. The number of nitriles is 1. The second kappa shape index (κ2) is 7.46. The van der Waals surface area contributed by atoms with Crippen LogP contribution < -0.4 is 0 Å². The Balaban J connectivity index is 2.00. The van der Waals surface area contributed by atoms with Gasteiger partial charge in [0, 0.05) is 16.8 Å². The third-order valence-corrected chi connectivity index (χ3v) is 4.54. The van der Waals surface area contributed by atoms with E-state index in [0.717, 1.165) is 40.8 Å². The van der Waals surface area contributed by atoms with Crippen LogP contribution in [-0.4, -0.2) is 9.97 Å². The zero-order valence-electron chi connectivity index (χ0n) is 14.3. The first-order chi connectivity index (χ1) is 12.1. The molecule has 0 aliphatic carbocycles. The highest BCUT2D eigenvalue weighted by atomic mass is 35.5. The second-order valence-electron chi connectivity index (χ2n) is 5.89. The Morgan fingerprint density at radius 1 is 1.00 bits per heavy atom. The summed E-state index contributed by atoms with van der Waals surface area (Å²) in [6.45, 7) is 4.08. The van der Waals surface area contributed by atoms with E-state index in [9.17, 15) is 5.26 Å². The molecule has 3 aromatic rings. The molecule has 0 amide bonds. The Bertz CT molecular complexity index is 940. The number of aryl methyl sites for hydroxylation is 1. The normalized spacial score (nSPS) is 10.5. The summed E-state index contributed by atoms with van der Waals surface area (Å²) in [4.78, 5) is 9.11. The van der Waals surface area contributed by atoms with E-state index >= 15 is 0 Å². The van der Waals surface area contributed by atoms with Crippen LogP contribution in [-0.2, 0) is 6.42 Å². The highest BCUT2D eigenvalue weighted by Crippen LogP contribution is 2.27. The maximum atomic E-state index is 9.27. The molecule has 0 unspecified atom stereocenters. The lowest BCUT2D eigenvalue weighted by Crippen LogP contribution is -2.00. The summed E-state index contributed by atoms with van der Waals surface area (Å²) < 4.78 is 0. The minimum Gasteiger partial charge on any atom is -0.233 e. The highest BCUT2D eigenvalue weighted by molar-refractivity contribution is 6.30. The fourth-order valence-electron chi connectivity index (χ4n) is 2.77. The van der Waals surface area contributed by atoms with Gasteiger partial charge in [-0.2, -0.15) is 5.26 Å². The molecule has 0 radical (unpaired) electrons. The van der Waals surface area contributed by atoms with Crippen LogP contribution in [0.3, 0.4) is 0 Å². The van der Waals surface area contributed by atoms with Crippen molar-refractivity contribution in [2.24, 2.45) is 0 Å². The Morgan fingerprint density at radius 2 is 1.68 bits per heavy atom. The number of benzene rings is 2. The minimum absolute atomic E-state index is 0.507. The van der Waals surface area contributed by atoms with E-state index in [1.807, 2.05) is 55.5 Å². The first-order valence-electron chi connectivity index (χ1n) is 8.27. The molecule has 0 bridgehead atoms. The van der Waals surface area contributed by atoms with Crippen molar-refractivity contribution in [2.45, 2.75) is 26.7 Å². The molecule has 4 heteroatoms. The van der Waals surface area contributed by atoms with Crippen LogP contribution in [0.4, 0.5) is 0 Å². The van der Waals surface area contributed by atoms with Crippen molar-refractivity contribution in [1.82, 2.24) is 9.97 Å². The SMILES string of the molecule is CCCc1nc(-c2ccc(-c3ccccc3C#N)cc2)nc(Cl)c1C. The van der Waals surface area contributed by atoms with Crippen LogP contribution in [0.15, 0.2) is 48.5 Å². The zero-order valence-corrected chi connectivity index (χ0v) is 15.0. The number of nitrogens with zero attached hydrogens (tertiary/aromatic N) is 3. The lowest BCUT2D eigenvalue weighted by atomic mass is 9.99. The van der Waals surface area contributed by atoms with Crippen LogP contribution >= 0.6 is 11.6 Å². The summed E-state index contributed by atoms with van der Waals surface area (Å²) >= 11 is 6.28. The van der Waals surface area contributed by atoms with E-state index in [1.165, 1.54) is 0 Å². The predicted octanol–water partition coefficient (Wildman–Crippen LogP) is 5.60. The summed E-state index contributed by atoms with van der Waals surface area (Å²) in [5.41, 5.74) is 5.44. The third-order valence-electron chi connectivity index (χ3n) is 4.18. The summed E-state index contributed by atoms with van der Waals surface area (Å²) in [5.74, 6) is 0.638. The molecule has 0 fully saturated rings. The van der Waals surface area contributed by atoms with Crippen LogP contribution in [0.5, 0.6) is 0 Å². The first kappa shape index (κ1) is 17.1. The molecule has 0 spiro atoms. The van der Waals surface area contributed by atoms with Crippen molar-refractivity contribution in [3.63, 3.8) is 0 Å². The topological polar surface area (TPSA) is 49.6 Å². The quantitative estimate of drug-likeness (QED) is 0.577. The fourth-order valence-corrected chi connectivity index (χ4v) is 2.96. The maximum absolute atomic E-state index is 9.27. The van der Waals surface area contributed by atoms with E-state index in [0.29, 0.717) is 16.5 Å². The molecular formula is C21H18ClN3. The molecule has 3 rings (SSSR count). The summed E-state index contributed by atoms with van der Waals surface area (Å²) in [6.07, 6.45) is 1.90. The van der Waals surface area contributed by atoms with Crippen molar-refractivity contribution in [3.05, 3.63) is 70.5 Å². The average molecular weight is 348 g/mol. The molecule has 2 aromatic carbocycles. The van der Waals surface area contributed by atoms with Crippen molar-refractivity contribution in [3.8, 4) is 28.6 Å². The third kappa shape index (κ3) is 3.55. The lowest BCUT2D eigenvalue weighted by Gasteiger charge is -2.09. The molecule has 124 valence electrons. The molecule has 1 aromatic heterocycles. The van der Waals surface area contributed by atoms with E-state index in [4.69, 9.17) is 11.6 Å². The summed E-state index contributed by atoms with van der Waals surface area (Å²) in [6, 6.07) is 17.7. The Morgan fingerprint density at radius 3 is 2.36 bits per heavy atom. The van der Waals surface area contributed by atoms with Gasteiger partial charge in [-0.05, 0) is 30.5 Å². The van der Waals surface area contributed by atoms with Gasteiger partial charge < -0.3 is 0 Å². The fraction of sp³-hybridized carbons (Fsp3) is 0.190. The summed E-state index contributed by atoms with van der Waals surface area (Å²) in [5, 5.41) is 9.77. The maximum Gasteiger partial charge on any atom is 0.161 e. The standard InChI is InChI=1S/C21H18ClN3/c1-3-6-19-14(2)20(22)25-21(24-19)16-11-9-15(10-12-16)18-8-5-4-7-17(18)13-23/h4-5,7-12H,3,6H2,1-2H3. The molecule has 0 saturated carbocycles. The zero-order chi connectivity index (χ0) is 17.8. The van der Waals surface area contributed by atoms with Crippen LogP contribution in [0, 0.1) is 18.3 Å². The molecule has 0 N–H and O–H groups in total. The Hall–Kier alpha value is -2.70. The molecule has 1 heterocycles. The van der Waals surface area contributed by atoms with Gasteiger partial charge in [-0.15, -0.1) is 0 Å². The average Bonchev–Trinajstić information content (AvgIpc) is 2.65. The van der Waals surface area contributed by atoms with Crippen LogP contribution in [0.25, 0.3) is 22.5 Å². The van der Waals surface area contributed by atoms with Gasteiger partial charge in [-0.1, -0.05) is 67.4 Å². The highest BCUT2D eigenvalue weighted by Gasteiger charge is 2.11. The van der Waals surface area contributed by atoms with Gasteiger partial charge >= 0.3 is 0 Å². The van der Waals surface area contributed by atoms with Gasteiger partial charge in [-0.3, -0.25) is 0 Å². The molecule has 0 saturated heterocycles. The van der Waals surface area contributed by atoms with Crippen LogP contribution in [0.2, 0.25) is 5.15 Å². The van der Waals surface area contributed by atoms with E-state index < -0.39 is 0 Å². The van der Waals surface area contributed by atoms with Gasteiger partial charge in [0.1, 0.15) is 5.15 Å². The van der Waals surface area contributed by atoms with E-state index in [-0.39, 0.29) is 0 Å².